The highest BCUT2D eigenvalue weighted by Crippen LogP contribution is 2.26. The minimum atomic E-state index is -0.436. The Labute approximate surface area is 110 Å². The fourth-order valence-electron chi connectivity index (χ4n) is 1.57. The molecule has 0 fully saturated rings. The highest BCUT2D eigenvalue weighted by molar-refractivity contribution is 5.57. The molecule has 0 aliphatic rings. The number of hydrogen-bond donors (Lipinski definition) is 1. The summed E-state index contributed by atoms with van der Waals surface area (Å²) >= 11 is 0. The molecule has 19 heavy (non-hydrogen) atoms. The molecule has 1 aromatic carbocycles. The van der Waals surface area contributed by atoms with E-state index in [1.165, 1.54) is 19.2 Å². The Hall–Kier alpha value is -1.95. The van der Waals surface area contributed by atoms with E-state index in [1.54, 1.807) is 6.07 Å². The number of benzene rings is 1. The van der Waals surface area contributed by atoms with E-state index in [-0.39, 0.29) is 17.7 Å². The standard InChI is InChI=1S/C13H16FN3O2/c1-7(2)11(15)13-16-12(17-19-13)8-4-5-9(14)10(6-8)18-3/h4-7,11H,15H2,1-3H3/t11-/m0/s1. The van der Waals surface area contributed by atoms with Crippen molar-refractivity contribution in [2.24, 2.45) is 11.7 Å². The van der Waals surface area contributed by atoms with Crippen LogP contribution >= 0.6 is 0 Å². The molecular formula is C13H16FN3O2. The average Bonchev–Trinajstić information content (AvgIpc) is 2.87. The molecule has 2 N–H and O–H groups in total. The minimum Gasteiger partial charge on any atom is -0.494 e. The number of methoxy groups -OCH3 is 1. The summed E-state index contributed by atoms with van der Waals surface area (Å²) in [6.45, 7) is 3.94. The van der Waals surface area contributed by atoms with E-state index in [9.17, 15) is 4.39 Å². The smallest absolute Gasteiger partial charge is 0.244 e. The SMILES string of the molecule is COc1cc(-c2noc([C@@H](N)C(C)C)n2)ccc1F. The highest BCUT2D eigenvalue weighted by atomic mass is 19.1. The fraction of sp³-hybridized carbons (Fsp3) is 0.385. The predicted octanol–water partition coefficient (Wildman–Crippen LogP) is 2.54. The van der Waals surface area contributed by atoms with Gasteiger partial charge in [0.1, 0.15) is 0 Å². The summed E-state index contributed by atoms with van der Waals surface area (Å²) in [6.07, 6.45) is 0. The lowest BCUT2D eigenvalue weighted by molar-refractivity contribution is 0.325. The first-order chi connectivity index (χ1) is 9.02. The van der Waals surface area contributed by atoms with E-state index in [2.05, 4.69) is 10.1 Å². The van der Waals surface area contributed by atoms with Crippen LogP contribution in [0.1, 0.15) is 25.8 Å². The van der Waals surface area contributed by atoms with Gasteiger partial charge in [0, 0.05) is 5.56 Å². The number of nitrogens with two attached hydrogens (primary N) is 1. The molecule has 0 aliphatic heterocycles. The maximum atomic E-state index is 13.3. The van der Waals surface area contributed by atoms with Crippen LogP contribution in [-0.4, -0.2) is 17.3 Å². The summed E-state index contributed by atoms with van der Waals surface area (Å²) < 4.78 is 23.4. The van der Waals surface area contributed by atoms with Gasteiger partial charge in [0.25, 0.3) is 0 Å². The van der Waals surface area contributed by atoms with E-state index < -0.39 is 5.82 Å². The van der Waals surface area contributed by atoms with Crippen molar-refractivity contribution in [1.82, 2.24) is 10.1 Å². The molecule has 0 bridgehead atoms. The quantitative estimate of drug-likeness (QED) is 0.919. The van der Waals surface area contributed by atoms with E-state index in [4.69, 9.17) is 15.0 Å². The number of aromatic nitrogens is 2. The first kappa shape index (κ1) is 13.5. The lowest BCUT2D eigenvalue weighted by Gasteiger charge is -2.09. The third-order valence-electron chi connectivity index (χ3n) is 2.85. The summed E-state index contributed by atoms with van der Waals surface area (Å²) in [5, 5.41) is 3.85. The summed E-state index contributed by atoms with van der Waals surface area (Å²) in [5.74, 6) is 0.625. The van der Waals surface area contributed by atoms with Gasteiger partial charge in [-0.2, -0.15) is 4.98 Å². The molecule has 0 radical (unpaired) electrons. The average molecular weight is 265 g/mol. The zero-order chi connectivity index (χ0) is 14.0. The van der Waals surface area contributed by atoms with E-state index in [0.29, 0.717) is 17.3 Å². The second kappa shape index (κ2) is 5.36. The van der Waals surface area contributed by atoms with Crippen LogP contribution in [-0.2, 0) is 0 Å². The van der Waals surface area contributed by atoms with E-state index >= 15 is 0 Å². The lowest BCUT2D eigenvalue weighted by Crippen LogP contribution is -2.16. The second-order valence-electron chi connectivity index (χ2n) is 4.58. The van der Waals surface area contributed by atoms with Gasteiger partial charge in [-0.05, 0) is 24.1 Å². The molecule has 0 aliphatic carbocycles. The molecule has 5 nitrogen and oxygen atoms in total. The van der Waals surface area contributed by atoms with Gasteiger partial charge in [0.05, 0.1) is 13.2 Å². The molecule has 2 rings (SSSR count). The van der Waals surface area contributed by atoms with Gasteiger partial charge >= 0.3 is 0 Å². The third-order valence-corrected chi connectivity index (χ3v) is 2.85. The van der Waals surface area contributed by atoms with Crippen molar-refractivity contribution in [3.63, 3.8) is 0 Å². The zero-order valence-corrected chi connectivity index (χ0v) is 11.1. The van der Waals surface area contributed by atoms with Crippen molar-refractivity contribution in [1.29, 1.82) is 0 Å². The van der Waals surface area contributed by atoms with Crippen molar-refractivity contribution in [2.45, 2.75) is 19.9 Å². The van der Waals surface area contributed by atoms with Crippen LogP contribution in [0.25, 0.3) is 11.4 Å². The van der Waals surface area contributed by atoms with Crippen LogP contribution in [0.2, 0.25) is 0 Å². The van der Waals surface area contributed by atoms with Crippen molar-refractivity contribution in [2.75, 3.05) is 7.11 Å². The van der Waals surface area contributed by atoms with E-state index in [1.807, 2.05) is 13.8 Å². The van der Waals surface area contributed by atoms with Gasteiger partial charge in [-0.25, -0.2) is 4.39 Å². The molecule has 0 saturated heterocycles. The van der Waals surface area contributed by atoms with Gasteiger partial charge < -0.3 is 15.0 Å². The Bertz CT molecular complexity index is 569. The molecule has 0 unspecified atom stereocenters. The number of rotatable bonds is 4. The van der Waals surface area contributed by atoms with Crippen molar-refractivity contribution in [3.8, 4) is 17.1 Å². The molecule has 1 atom stereocenters. The fourth-order valence-corrected chi connectivity index (χ4v) is 1.57. The van der Waals surface area contributed by atoms with Crippen molar-refractivity contribution in [3.05, 3.63) is 29.9 Å². The Morgan fingerprint density at radius 3 is 2.74 bits per heavy atom. The normalized spacial score (nSPS) is 12.7. The lowest BCUT2D eigenvalue weighted by atomic mass is 10.1. The van der Waals surface area contributed by atoms with Crippen LogP contribution in [0, 0.1) is 11.7 Å². The number of nitrogens with zero attached hydrogens (tertiary/aromatic N) is 2. The maximum Gasteiger partial charge on any atom is 0.244 e. The minimum absolute atomic E-state index is 0.136. The first-order valence-corrected chi connectivity index (χ1v) is 5.96. The van der Waals surface area contributed by atoms with Crippen LogP contribution in [0.4, 0.5) is 4.39 Å². The third kappa shape index (κ3) is 2.73. The predicted molar refractivity (Wildman–Crippen MR) is 68.0 cm³/mol. The van der Waals surface area contributed by atoms with Crippen LogP contribution in [0.3, 0.4) is 0 Å². The molecule has 1 heterocycles. The summed E-state index contributed by atoms with van der Waals surface area (Å²) in [7, 11) is 1.40. The number of halogens is 1. The Morgan fingerprint density at radius 1 is 1.37 bits per heavy atom. The van der Waals surface area contributed by atoms with Crippen LogP contribution < -0.4 is 10.5 Å². The van der Waals surface area contributed by atoms with Gasteiger partial charge in [-0.3, -0.25) is 0 Å². The van der Waals surface area contributed by atoms with Crippen LogP contribution in [0.5, 0.6) is 5.75 Å². The molecule has 1 aromatic heterocycles. The number of hydrogen-bond acceptors (Lipinski definition) is 5. The van der Waals surface area contributed by atoms with Gasteiger partial charge in [0.15, 0.2) is 11.6 Å². The molecular weight excluding hydrogens is 249 g/mol. The highest BCUT2D eigenvalue weighted by Gasteiger charge is 2.19. The zero-order valence-electron chi connectivity index (χ0n) is 11.1. The molecule has 0 amide bonds. The molecule has 0 saturated carbocycles. The molecule has 2 aromatic rings. The van der Waals surface area contributed by atoms with Gasteiger partial charge in [-0.15, -0.1) is 0 Å². The second-order valence-corrected chi connectivity index (χ2v) is 4.58. The molecule has 0 spiro atoms. The maximum absolute atomic E-state index is 13.3. The topological polar surface area (TPSA) is 74.2 Å². The number of ether oxygens (including phenoxy) is 1. The Morgan fingerprint density at radius 2 is 2.11 bits per heavy atom. The van der Waals surface area contributed by atoms with Crippen molar-refractivity contribution < 1.29 is 13.7 Å². The summed E-state index contributed by atoms with van der Waals surface area (Å²) in [5.41, 5.74) is 6.54. The molecule has 102 valence electrons. The molecule has 6 heteroatoms. The Kier molecular flexibility index (Phi) is 3.80. The largest absolute Gasteiger partial charge is 0.494 e. The van der Waals surface area contributed by atoms with E-state index in [0.717, 1.165) is 0 Å². The van der Waals surface area contributed by atoms with Gasteiger partial charge in [-0.1, -0.05) is 19.0 Å². The monoisotopic (exact) mass is 265 g/mol. The van der Waals surface area contributed by atoms with Gasteiger partial charge in [0.2, 0.25) is 11.7 Å². The summed E-state index contributed by atoms with van der Waals surface area (Å²) in [6, 6.07) is 4.06. The summed E-state index contributed by atoms with van der Waals surface area (Å²) in [4.78, 5) is 4.23. The first-order valence-electron chi connectivity index (χ1n) is 5.96. The Balaban J connectivity index is 2.32. The van der Waals surface area contributed by atoms with Crippen molar-refractivity contribution >= 4 is 0 Å². The van der Waals surface area contributed by atoms with Crippen LogP contribution in [0.15, 0.2) is 22.7 Å².